The third kappa shape index (κ3) is 3.09. The van der Waals surface area contributed by atoms with Gasteiger partial charge in [-0.15, -0.1) is 0 Å². The highest BCUT2D eigenvalue weighted by Gasteiger charge is 2.13. The molecule has 0 radical (unpaired) electrons. The van der Waals surface area contributed by atoms with Crippen LogP contribution >= 0.6 is 22.6 Å². The molecule has 0 atom stereocenters. The average Bonchev–Trinajstić information content (AvgIpc) is 2.35. The molecule has 2 aromatic carbocycles. The van der Waals surface area contributed by atoms with E-state index in [0.29, 0.717) is 20.4 Å². The minimum absolute atomic E-state index is 0.192. The van der Waals surface area contributed by atoms with Crippen molar-refractivity contribution in [2.24, 2.45) is 0 Å². The van der Waals surface area contributed by atoms with E-state index in [-0.39, 0.29) is 17.5 Å². The number of amides is 1. The van der Waals surface area contributed by atoms with E-state index in [2.05, 4.69) is 5.32 Å². The number of carbonyl (C=O) groups is 1. The van der Waals surface area contributed by atoms with Crippen molar-refractivity contribution in [2.45, 2.75) is 13.8 Å². The summed E-state index contributed by atoms with van der Waals surface area (Å²) in [7, 11) is 0. The summed E-state index contributed by atoms with van der Waals surface area (Å²) in [6.45, 7) is 3.55. The van der Waals surface area contributed by atoms with Gasteiger partial charge in [0.25, 0.3) is 5.91 Å². The van der Waals surface area contributed by atoms with Crippen LogP contribution in [0.2, 0.25) is 0 Å². The van der Waals surface area contributed by atoms with Crippen LogP contribution in [0.5, 0.6) is 5.75 Å². The van der Waals surface area contributed by atoms with Gasteiger partial charge in [-0.1, -0.05) is 0 Å². The molecule has 0 heterocycles. The van der Waals surface area contributed by atoms with Crippen LogP contribution in [0.1, 0.15) is 21.5 Å². The SMILES string of the molecule is Cc1cc(NC(=O)c2ccc(F)cc2I)c(C)cc1O. The molecular formula is C15H13FINO2. The molecule has 20 heavy (non-hydrogen) atoms. The van der Waals surface area contributed by atoms with Crippen molar-refractivity contribution in [1.82, 2.24) is 0 Å². The van der Waals surface area contributed by atoms with Gasteiger partial charge in [0.15, 0.2) is 0 Å². The molecule has 2 rings (SSSR count). The van der Waals surface area contributed by atoms with Gasteiger partial charge in [0.1, 0.15) is 11.6 Å². The van der Waals surface area contributed by atoms with Crippen molar-refractivity contribution in [3.05, 3.63) is 56.4 Å². The highest BCUT2D eigenvalue weighted by Crippen LogP contribution is 2.26. The minimum atomic E-state index is -0.373. The van der Waals surface area contributed by atoms with Crippen LogP contribution in [-0.4, -0.2) is 11.0 Å². The number of benzene rings is 2. The molecule has 0 aliphatic heterocycles. The van der Waals surface area contributed by atoms with E-state index < -0.39 is 0 Å². The summed E-state index contributed by atoms with van der Waals surface area (Å²) in [5.74, 6) is -0.484. The van der Waals surface area contributed by atoms with E-state index in [1.165, 1.54) is 18.2 Å². The van der Waals surface area contributed by atoms with E-state index in [1.54, 1.807) is 26.0 Å². The number of hydrogen-bond acceptors (Lipinski definition) is 2. The fourth-order valence-corrected chi connectivity index (χ4v) is 2.52. The average molecular weight is 385 g/mol. The summed E-state index contributed by atoms with van der Waals surface area (Å²) in [4.78, 5) is 12.2. The lowest BCUT2D eigenvalue weighted by molar-refractivity contribution is 0.102. The second kappa shape index (κ2) is 5.78. The first-order chi connectivity index (χ1) is 9.38. The molecule has 104 valence electrons. The molecule has 1 amide bonds. The predicted octanol–water partition coefficient (Wildman–Crippen LogP) is 4.01. The molecule has 0 spiro atoms. The standard InChI is InChI=1S/C15H13FINO2/c1-8-6-14(19)9(2)5-13(8)18-15(20)11-4-3-10(16)7-12(11)17/h3-7,19H,1-2H3,(H,18,20). The van der Waals surface area contributed by atoms with Crippen LogP contribution in [0.4, 0.5) is 10.1 Å². The molecule has 0 aliphatic rings. The third-order valence-corrected chi connectivity index (χ3v) is 3.86. The molecule has 0 unspecified atom stereocenters. The Morgan fingerprint density at radius 3 is 2.55 bits per heavy atom. The summed E-state index contributed by atoms with van der Waals surface area (Å²) >= 11 is 1.92. The van der Waals surface area contributed by atoms with Gasteiger partial charge in [0.2, 0.25) is 0 Å². The first kappa shape index (κ1) is 14.8. The lowest BCUT2D eigenvalue weighted by atomic mass is 10.1. The Morgan fingerprint density at radius 2 is 1.90 bits per heavy atom. The van der Waals surface area contributed by atoms with Crippen LogP contribution in [-0.2, 0) is 0 Å². The van der Waals surface area contributed by atoms with Crippen LogP contribution < -0.4 is 5.32 Å². The van der Waals surface area contributed by atoms with Crippen molar-refractivity contribution in [3.8, 4) is 5.75 Å². The zero-order valence-electron chi connectivity index (χ0n) is 11.0. The molecule has 0 bridgehead atoms. The molecule has 0 saturated heterocycles. The number of halogens is 2. The van der Waals surface area contributed by atoms with E-state index in [9.17, 15) is 14.3 Å². The Morgan fingerprint density at radius 1 is 1.20 bits per heavy atom. The van der Waals surface area contributed by atoms with Crippen LogP contribution in [0.3, 0.4) is 0 Å². The van der Waals surface area contributed by atoms with Gasteiger partial charge in [-0.25, -0.2) is 4.39 Å². The van der Waals surface area contributed by atoms with E-state index in [0.717, 1.165) is 5.56 Å². The lowest BCUT2D eigenvalue weighted by Gasteiger charge is -2.11. The zero-order chi connectivity index (χ0) is 14.9. The molecule has 0 fully saturated rings. The molecule has 2 aromatic rings. The van der Waals surface area contributed by atoms with Gasteiger partial charge in [-0.3, -0.25) is 4.79 Å². The summed E-state index contributed by atoms with van der Waals surface area (Å²) in [5.41, 5.74) is 2.49. The van der Waals surface area contributed by atoms with Crippen LogP contribution in [0.15, 0.2) is 30.3 Å². The largest absolute Gasteiger partial charge is 0.508 e. The number of carbonyl (C=O) groups excluding carboxylic acids is 1. The first-order valence-corrected chi connectivity index (χ1v) is 7.03. The Hall–Kier alpha value is -1.63. The molecule has 0 aromatic heterocycles. The molecular weight excluding hydrogens is 372 g/mol. The number of aromatic hydroxyl groups is 1. The molecule has 5 heteroatoms. The zero-order valence-corrected chi connectivity index (χ0v) is 13.2. The van der Waals surface area contributed by atoms with Gasteiger partial charge < -0.3 is 10.4 Å². The van der Waals surface area contributed by atoms with Gasteiger partial charge in [0, 0.05) is 9.26 Å². The lowest BCUT2D eigenvalue weighted by Crippen LogP contribution is -2.14. The van der Waals surface area contributed by atoms with Crippen LogP contribution in [0, 0.1) is 23.2 Å². The Kier molecular flexibility index (Phi) is 4.27. The maximum Gasteiger partial charge on any atom is 0.256 e. The molecule has 0 saturated carbocycles. The number of hydrogen-bond donors (Lipinski definition) is 2. The maximum absolute atomic E-state index is 13.0. The summed E-state index contributed by atoms with van der Waals surface area (Å²) in [5, 5.41) is 12.4. The van der Waals surface area contributed by atoms with Crippen molar-refractivity contribution in [1.29, 1.82) is 0 Å². The topological polar surface area (TPSA) is 49.3 Å². The number of phenols is 1. The maximum atomic E-state index is 13.0. The first-order valence-electron chi connectivity index (χ1n) is 5.95. The van der Waals surface area contributed by atoms with E-state index in [1.807, 2.05) is 22.6 Å². The summed E-state index contributed by atoms with van der Waals surface area (Å²) in [6.07, 6.45) is 0. The minimum Gasteiger partial charge on any atom is -0.508 e. The monoisotopic (exact) mass is 385 g/mol. The van der Waals surface area contributed by atoms with E-state index in [4.69, 9.17) is 0 Å². The van der Waals surface area contributed by atoms with Gasteiger partial charge in [-0.2, -0.15) is 0 Å². The number of aryl methyl sites for hydroxylation is 2. The third-order valence-electron chi connectivity index (χ3n) is 2.97. The van der Waals surface area contributed by atoms with E-state index >= 15 is 0 Å². The Bertz CT molecular complexity index is 686. The van der Waals surface area contributed by atoms with Crippen molar-refractivity contribution >= 4 is 34.2 Å². The highest BCUT2D eigenvalue weighted by molar-refractivity contribution is 14.1. The van der Waals surface area contributed by atoms with Crippen molar-refractivity contribution in [2.75, 3.05) is 5.32 Å². The fourth-order valence-electron chi connectivity index (χ4n) is 1.80. The van der Waals surface area contributed by atoms with Crippen molar-refractivity contribution in [3.63, 3.8) is 0 Å². The van der Waals surface area contributed by atoms with Gasteiger partial charge in [-0.05, 0) is 77.9 Å². The number of nitrogens with one attached hydrogen (secondary N) is 1. The molecule has 2 N–H and O–H groups in total. The number of rotatable bonds is 2. The second-order valence-electron chi connectivity index (χ2n) is 4.53. The molecule has 0 aliphatic carbocycles. The Labute approximate surface area is 130 Å². The number of anilines is 1. The summed E-state index contributed by atoms with van der Waals surface area (Å²) < 4.78 is 13.6. The highest BCUT2D eigenvalue weighted by atomic mass is 127. The fraction of sp³-hybridized carbons (Fsp3) is 0.133. The normalized spacial score (nSPS) is 10.4. The number of phenolic OH excluding ortho intramolecular Hbond substituents is 1. The second-order valence-corrected chi connectivity index (χ2v) is 5.69. The van der Waals surface area contributed by atoms with Gasteiger partial charge >= 0.3 is 0 Å². The van der Waals surface area contributed by atoms with Crippen molar-refractivity contribution < 1.29 is 14.3 Å². The quantitative estimate of drug-likeness (QED) is 0.607. The summed E-state index contributed by atoms with van der Waals surface area (Å²) in [6, 6.07) is 7.32. The predicted molar refractivity (Wildman–Crippen MR) is 84.7 cm³/mol. The van der Waals surface area contributed by atoms with Crippen LogP contribution in [0.25, 0.3) is 0 Å². The van der Waals surface area contributed by atoms with Gasteiger partial charge in [0.05, 0.1) is 5.56 Å². The Balaban J connectivity index is 2.30. The smallest absolute Gasteiger partial charge is 0.256 e. The molecule has 3 nitrogen and oxygen atoms in total.